The molecule has 1 saturated heterocycles. The number of rotatable bonds is 3. The van der Waals surface area contributed by atoms with Gasteiger partial charge in [0.2, 0.25) is 0 Å². The quantitative estimate of drug-likeness (QED) is 0.645. The van der Waals surface area contributed by atoms with Gasteiger partial charge in [-0.25, -0.2) is 4.99 Å². The molecule has 2 fully saturated rings. The van der Waals surface area contributed by atoms with Gasteiger partial charge >= 0.3 is 6.18 Å². The van der Waals surface area contributed by atoms with Gasteiger partial charge in [-0.15, -0.1) is 0 Å². The minimum absolute atomic E-state index is 0.155. The van der Waals surface area contributed by atoms with Crippen LogP contribution in [0.15, 0.2) is 29.3 Å². The summed E-state index contributed by atoms with van der Waals surface area (Å²) < 4.78 is 38.2. The number of anilines is 1. The van der Waals surface area contributed by atoms with Gasteiger partial charge in [-0.2, -0.15) is 13.2 Å². The van der Waals surface area contributed by atoms with Crippen LogP contribution in [-0.2, 0) is 0 Å². The number of hydrogen-bond donors (Lipinski definition) is 2. The second kappa shape index (κ2) is 7.23. The first-order valence-electron chi connectivity index (χ1n) is 8.79. The van der Waals surface area contributed by atoms with E-state index in [2.05, 4.69) is 15.2 Å². The number of halogens is 3. The molecule has 0 bridgehead atoms. The van der Waals surface area contributed by atoms with Crippen molar-refractivity contribution in [3.63, 3.8) is 0 Å². The van der Waals surface area contributed by atoms with Crippen LogP contribution < -0.4 is 11.1 Å². The van der Waals surface area contributed by atoms with Gasteiger partial charge in [0.25, 0.3) is 0 Å². The molecule has 1 saturated carbocycles. The molecule has 1 heterocycles. The minimum atomic E-state index is -4.05. The van der Waals surface area contributed by atoms with Crippen LogP contribution in [0.2, 0.25) is 0 Å². The van der Waals surface area contributed by atoms with Crippen LogP contribution in [0.4, 0.5) is 18.9 Å². The van der Waals surface area contributed by atoms with Crippen molar-refractivity contribution < 1.29 is 13.2 Å². The molecule has 0 aromatic heterocycles. The maximum Gasteiger partial charge on any atom is 0.391 e. The second-order valence-electron chi connectivity index (χ2n) is 7.14. The maximum atomic E-state index is 12.7. The molecule has 7 heteroatoms. The van der Waals surface area contributed by atoms with Crippen molar-refractivity contribution in [2.45, 2.75) is 50.9 Å². The molecule has 2 aliphatic rings. The summed E-state index contributed by atoms with van der Waals surface area (Å²) in [6, 6.07) is 8.39. The summed E-state index contributed by atoms with van der Waals surface area (Å²) in [4.78, 5) is 6.66. The summed E-state index contributed by atoms with van der Waals surface area (Å²) in [6.07, 6.45) is -1.88. The molecule has 1 aliphatic heterocycles. The zero-order chi connectivity index (χ0) is 18.0. The highest BCUT2D eigenvalue weighted by atomic mass is 19.4. The van der Waals surface area contributed by atoms with Gasteiger partial charge < -0.3 is 16.0 Å². The van der Waals surface area contributed by atoms with E-state index in [0.29, 0.717) is 25.1 Å². The lowest BCUT2D eigenvalue weighted by Gasteiger charge is -2.44. The molecule has 0 unspecified atom stereocenters. The fourth-order valence-electron chi connectivity index (χ4n) is 3.65. The van der Waals surface area contributed by atoms with Gasteiger partial charge in [0, 0.05) is 11.7 Å². The van der Waals surface area contributed by atoms with Crippen molar-refractivity contribution in [2.75, 3.05) is 18.4 Å². The number of alkyl halides is 3. The van der Waals surface area contributed by atoms with Gasteiger partial charge in [0.1, 0.15) is 0 Å². The smallest absolute Gasteiger partial charge is 0.370 e. The third-order valence-corrected chi connectivity index (χ3v) is 5.21. The molecule has 1 aromatic rings. The van der Waals surface area contributed by atoms with E-state index >= 15 is 0 Å². The molecule has 4 nitrogen and oxygen atoms in total. The number of aliphatic imine (C=N–C) groups is 1. The predicted octanol–water partition coefficient (Wildman–Crippen LogP) is 3.53. The standard InChI is InChI=1S/C18H25F3N4/c1-12-3-2-4-14(9-12)23-17(22)24-15-10-16(11-15)25-7-5-13(6-8-25)18(19,20)21/h2-4,9,13,15-16H,5-8,10-11H2,1H3,(H3,22,23,24). The first kappa shape index (κ1) is 18.0. The SMILES string of the molecule is Cc1cccc(NC(N)=NC2CC(N3CCC(C(F)(F)F)CC3)C2)c1. The number of aryl methyl sites for hydroxylation is 1. The number of guanidine groups is 1. The van der Waals surface area contributed by atoms with E-state index in [1.165, 1.54) is 0 Å². The number of nitrogens with zero attached hydrogens (tertiary/aromatic N) is 2. The number of piperidine rings is 1. The van der Waals surface area contributed by atoms with Crippen LogP contribution in [0.25, 0.3) is 0 Å². The first-order chi connectivity index (χ1) is 11.8. The topological polar surface area (TPSA) is 53.6 Å². The summed E-state index contributed by atoms with van der Waals surface area (Å²) >= 11 is 0. The highest BCUT2D eigenvalue weighted by molar-refractivity contribution is 5.92. The van der Waals surface area contributed by atoms with E-state index in [1.807, 2.05) is 31.2 Å². The van der Waals surface area contributed by atoms with Crippen LogP contribution in [0.5, 0.6) is 0 Å². The Kier molecular flexibility index (Phi) is 5.22. The largest absolute Gasteiger partial charge is 0.391 e. The monoisotopic (exact) mass is 354 g/mol. The van der Waals surface area contributed by atoms with Gasteiger partial charge in [-0.1, -0.05) is 12.1 Å². The fraction of sp³-hybridized carbons (Fsp3) is 0.611. The zero-order valence-corrected chi connectivity index (χ0v) is 14.4. The van der Waals surface area contributed by atoms with E-state index in [9.17, 15) is 13.2 Å². The van der Waals surface area contributed by atoms with Gasteiger partial charge in [0.15, 0.2) is 5.96 Å². The molecular formula is C18H25F3N4. The summed E-state index contributed by atoms with van der Waals surface area (Å²) in [6.45, 7) is 3.07. The van der Waals surface area contributed by atoms with Crippen LogP contribution in [0.3, 0.4) is 0 Å². The van der Waals surface area contributed by atoms with Crippen LogP contribution in [0.1, 0.15) is 31.2 Å². The van der Waals surface area contributed by atoms with E-state index in [-0.39, 0.29) is 18.9 Å². The number of benzene rings is 1. The minimum Gasteiger partial charge on any atom is -0.370 e. The van der Waals surface area contributed by atoms with Crippen molar-refractivity contribution >= 4 is 11.6 Å². The first-order valence-corrected chi connectivity index (χ1v) is 8.79. The van der Waals surface area contributed by atoms with Crippen molar-refractivity contribution in [2.24, 2.45) is 16.6 Å². The van der Waals surface area contributed by atoms with E-state index < -0.39 is 12.1 Å². The molecule has 3 rings (SSSR count). The van der Waals surface area contributed by atoms with Crippen molar-refractivity contribution in [1.29, 1.82) is 0 Å². The predicted molar refractivity (Wildman–Crippen MR) is 93.6 cm³/mol. The van der Waals surface area contributed by atoms with Gasteiger partial charge in [0.05, 0.1) is 12.0 Å². The summed E-state index contributed by atoms with van der Waals surface area (Å²) in [5.41, 5.74) is 8.01. The molecule has 0 atom stereocenters. The molecule has 1 aliphatic carbocycles. The Balaban J connectivity index is 1.43. The zero-order valence-electron chi connectivity index (χ0n) is 14.4. The van der Waals surface area contributed by atoms with Crippen LogP contribution in [0, 0.1) is 12.8 Å². The highest BCUT2D eigenvalue weighted by Gasteiger charge is 2.43. The summed E-state index contributed by atoms with van der Waals surface area (Å²) in [7, 11) is 0. The van der Waals surface area contributed by atoms with Crippen molar-refractivity contribution in [3.8, 4) is 0 Å². The van der Waals surface area contributed by atoms with Gasteiger partial charge in [-0.3, -0.25) is 0 Å². The molecule has 1 aromatic carbocycles. The van der Waals surface area contributed by atoms with Crippen molar-refractivity contribution in [1.82, 2.24) is 4.90 Å². The number of nitrogens with two attached hydrogens (primary N) is 1. The molecule has 0 amide bonds. The average Bonchev–Trinajstić information content (AvgIpc) is 2.50. The lowest BCUT2D eigenvalue weighted by Crippen LogP contribution is -2.51. The molecule has 0 radical (unpaired) electrons. The van der Waals surface area contributed by atoms with Crippen LogP contribution >= 0.6 is 0 Å². The van der Waals surface area contributed by atoms with E-state index in [1.54, 1.807) is 0 Å². The molecule has 0 spiro atoms. The highest BCUT2D eigenvalue weighted by Crippen LogP contribution is 2.37. The Bertz CT molecular complexity index is 615. The number of hydrogen-bond acceptors (Lipinski definition) is 2. The maximum absolute atomic E-state index is 12.7. The van der Waals surface area contributed by atoms with Crippen molar-refractivity contribution in [3.05, 3.63) is 29.8 Å². The molecule has 138 valence electrons. The average molecular weight is 354 g/mol. The normalized spacial score (nSPS) is 26.3. The molecule has 3 N–H and O–H groups in total. The Morgan fingerprint density at radius 3 is 2.52 bits per heavy atom. The number of nitrogens with one attached hydrogen (secondary N) is 1. The summed E-state index contributed by atoms with van der Waals surface area (Å²) in [5.74, 6) is -0.739. The summed E-state index contributed by atoms with van der Waals surface area (Å²) in [5, 5.41) is 3.09. The third-order valence-electron chi connectivity index (χ3n) is 5.21. The lowest BCUT2D eigenvalue weighted by molar-refractivity contribution is -0.187. The Morgan fingerprint density at radius 1 is 1.24 bits per heavy atom. The Hall–Kier alpha value is -1.76. The Morgan fingerprint density at radius 2 is 1.92 bits per heavy atom. The van der Waals surface area contributed by atoms with E-state index in [4.69, 9.17) is 5.73 Å². The number of likely N-dealkylation sites (tertiary alicyclic amines) is 1. The molecular weight excluding hydrogens is 329 g/mol. The second-order valence-corrected chi connectivity index (χ2v) is 7.14. The third kappa shape index (κ3) is 4.66. The fourth-order valence-corrected chi connectivity index (χ4v) is 3.65. The van der Waals surface area contributed by atoms with Crippen LogP contribution in [-0.4, -0.2) is 42.2 Å². The Labute approximate surface area is 146 Å². The lowest BCUT2D eigenvalue weighted by atomic mass is 9.83. The van der Waals surface area contributed by atoms with Gasteiger partial charge in [-0.05, 0) is 63.4 Å². The van der Waals surface area contributed by atoms with E-state index in [0.717, 1.165) is 24.1 Å². The molecule has 25 heavy (non-hydrogen) atoms.